The summed E-state index contributed by atoms with van der Waals surface area (Å²) < 4.78 is 0. The molecule has 0 aliphatic carbocycles. The minimum Gasteiger partial charge on any atom is -0.480 e. The van der Waals surface area contributed by atoms with Crippen molar-refractivity contribution in [2.45, 2.75) is 25.3 Å². The zero-order valence-electron chi connectivity index (χ0n) is 9.91. The van der Waals surface area contributed by atoms with Gasteiger partial charge in [-0.15, -0.1) is 5.06 Å². The first kappa shape index (κ1) is 12.6. The van der Waals surface area contributed by atoms with Gasteiger partial charge in [0.15, 0.2) is 0 Å². The topological polar surface area (TPSA) is 66.8 Å². The van der Waals surface area contributed by atoms with Gasteiger partial charge in [0, 0.05) is 6.54 Å². The zero-order valence-corrected chi connectivity index (χ0v) is 9.91. The third-order valence-electron chi connectivity index (χ3n) is 2.95. The smallest absolute Gasteiger partial charge is 0.357 e. The van der Waals surface area contributed by atoms with E-state index in [1.165, 1.54) is 5.06 Å². The molecule has 2 rings (SSSR count). The highest BCUT2D eigenvalue weighted by Gasteiger charge is 2.31. The molecule has 5 heteroatoms. The Morgan fingerprint density at radius 2 is 1.94 bits per heavy atom. The van der Waals surface area contributed by atoms with Crippen LogP contribution in [0.1, 0.15) is 29.6 Å². The second-order valence-corrected chi connectivity index (χ2v) is 4.24. The molecule has 1 atom stereocenters. The number of rotatable bonds is 3. The molecule has 0 bridgehead atoms. The predicted octanol–water partition coefficient (Wildman–Crippen LogP) is 1.70. The fourth-order valence-corrected chi connectivity index (χ4v) is 1.99. The van der Waals surface area contributed by atoms with Gasteiger partial charge in [-0.2, -0.15) is 0 Å². The normalized spacial score (nSPS) is 20.3. The molecule has 1 aromatic rings. The van der Waals surface area contributed by atoms with Gasteiger partial charge in [-0.3, -0.25) is 4.79 Å². The van der Waals surface area contributed by atoms with Gasteiger partial charge in [0.2, 0.25) is 0 Å². The Labute approximate surface area is 105 Å². The van der Waals surface area contributed by atoms with E-state index in [1.807, 2.05) is 0 Å². The molecule has 1 N–H and O–H groups in total. The highest BCUT2D eigenvalue weighted by atomic mass is 16.7. The first-order chi connectivity index (χ1) is 8.68. The molecule has 0 aromatic heterocycles. The highest BCUT2D eigenvalue weighted by Crippen LogP contribution is 2.18. The Morgan fingerprint density at radius 3 is 2.61 bits per heavy atom. The molecule has 0 radical (unpaired) electrons. The van der Waals surface area contributed by atoms with Gasteiger partial charge in [-0.25, -0.2) is 4.79 Å². The lowest BCUT2D eigenvalue weighted by Crippen LogP contribution is -2.45. The summed E-state index contributed by atoms with van der Waals surface area (Å²) in [5.74, 6) is -1.46. The molecule has 1 saturated heterocycles. The van der Waals surface area contributed by atoms with Crippen molar-refractivity contribution in [3.05, 3.63) is 35.9 Å². The molecule has 0 unspecified atom stereocenters. The van der Waals surface area contributed by atoms with Gasteiger partial charge < -0.3 is 9.94 Å². The van der Waals surface area contributed by atoms with Crippen molar-refractivity contribution in [1.29, 1.82) is 0 Å². The maximum atomic E-state index is 11.8. The van der Waals surface area contributed by atoms with E-state index in [9.17, 15) is 9.59 Å². The number of nitrogens with zero attached hydrogens (tertiary/aromatic N) is 1. The SMILES string of the molecule is O=C(ON1CCCC[C@H]1C(=O)O)c1ccccc1. The molecule has 1 fully saturated rings. The van der Waals surface area contributed by atoms with Crippen molar-refractivity contribution < 1.29 is 19.5 Å². The van der Waals surface area contributed by atoms with Crippen molar-refractivity contribution in [3.8, 4) is 0 Å². The summed E-state index contributed by atoms with van der Waals surface area (Å²) in [5, 5.41) is 10.3. The first-order valence-corrected chi connectivity index (χ1v) is 5.95. The number of carbonyl (C=O) groups excluding carboxylic acids is 1. The van der Waals surface area contributed by atoms with Crippen LogP contribution in [0.4, 0.5) is 0 Å². The van der Waals surface area contributed by atoms with Crippen LogP contribution in [0.5, 0.6) is 0 Å². The minimum atomic E-state index is -0.949. The molecule has 0 saturated carbocycles. The third kappa shape index (κ3) is 2.87. The average molecular weight is 249 g/mol. The van der Waals surface area contributed by atoms with Gasteiger partial charge in [-0.1, -0.05) is 18.2 Å². The summed E-state index contributed by atoms with van der Waals surface area (Å²) in [6.07, 6.45) is 2.19. The summed E-state index contributed by atoms with van der Waals surface area (Å²) in [5.41, 5.74) is 0.423. The van der Waals surface area contributed by atoms with E-state index in [1.54, 1.807) is 30.3 Å². The van der Waals surface area contributed by atoms with Gasteiger partial charge >= 0.3 is 11.9 Å². The number of carboxylic acid groups (broad SMARTS) is 1. The van der Waals surface area contributed by atoms with E-state index >= 15 is 0 Å². The maximum absolute atomic E-state index is 11.8. The monoisotopic (exact) mass is 249 g/mol. The quantitative estimate of drug-likeness (QED) is 0.883. The number of piperidine rings is 1. The lowest BCUT2D eigenvalue weighted by molar-refractivity contribution is -0.178. The van der Waals surface area contributed by atoms with Crippen molar-refractivity contribution in [2.24, 2.45) is 0 Å². The van der Waals surface area contributed by atoms with Crippen LogP contribution in [-0.4, -0.2) is 34.7 Å². The first-order valence-electron chi connectivity index (χ1n) is 5.95. The van der Waals surface area contributed by atoms with Crippen LogP contribution in [0.2, 0.25) is 0 Å². The van der Waals surface area contributed by atoms with Crippen LogP contribution in [0.3, 0.4) is 0 Å². The van der Waals surface area contributed by atoms with Gasteiger partial charge in [0.1, 0.15) is 6.04 Å². The number of hydroxylamine groups is 2. The molecule has 1 aromatic carbocycles. The molecule has 0 spiro atoms. The lowest BCUT2D eigenvalue weighted by Gasteiger charge is -2.30. The highest BCUT2D eigenvalue weighted by molar-refractivity contribution is 5.89. The van der Waals surface area contributed by atoms with Crippen molar-refractivity contribution in [1.82, 2.24) is 5.06 Å². The fourth-order valence-electron chi connectivity index (χ4n) is 1.99. The van der Waals surface area contributed by atoms with E-state index in [2.05, 4.69) is 0 Å². The number of hydrogen-bond acceptors (Lipinski definition) is 4. The Kier molecular flexibility index (Phi) is 3.94. The Hall–Kier alpha value is -1.88. The van der Waals surface area contributed by atoms with Gasteiger partial charge in [0.05, 0.1) is 5.56 Å². The van der Waals surface area contributed by atoms with Crippen LogP contribution in [0.25, 0.3) is 0 Å². The Bertz CT molecular complexity index is 432. The molecule has 18 heavy (non-hydrogen) atoms. The largest absolute Gasteiger partial charge is 0.480 e. The van der Waals surface area contributed by atoms with Crippen molar-refractivity contribution >= 4 is 11.9 Å². The number of carbonyl (C=O) groups is 2. The summed E-state index contributed by atoms with van der Waals surface area (Å²) in [6.45, 7) is 0.468. The molecule has 5 nitrogen and oxygen atoms in total. The van der Waals surface area contributed by atoms with Crippen LogP contribution in [-0.2, 0) is 9.63 Å². The molecule has 1 aliphatic rings. The van der Waals surface area contributed by atoms with E-state index < -0.39 is 18.0 Å². The van der Waals surface area contributed by atoms with E-state index in [0.29, 0.717) is 18.5 Å². The minimum absolute atomic E-state index is 0.423. The third-order valence-corrected chi connectivity index (χ3v) is 2.95. The lowest BCUT2D eigenvalue weighted by atomic mass is 10.1. The fraction of sp³-hybridized carbons (Fsp3) is 0.385. The second kappa shape index (κ2) is 5.64. The van der Waals surface area contributed by atoms with E-state index in [-0.39, 0.29) is 0 Å². The molecular formula is C13H15NO4. The number of carboxylic acids is 1. The summed E-state index contributed by atoms with van der Waals surface area (Å²) >= 11 is 0. The van der Waals surface area contributed by atoms with Crippen LogP contribution in [0, 0.1) is 0 Å². The standard InChI is InChI=1S/C13H15NO4/c15-12(16)11-8-4-5-9-14(11)18-13(17)10-6-2-1-3-7-10/h1-3,6-7,11H,4-5,8-9H2,(H,15,16)/t11-/m0/s1. The number of hydrogen-bond donors (Lipinski definition) is 1. The summed E-state index contributed by atoms with van der Waals surface area (Å²) in [4.78, 5) is 28.0. The van der Waals surface area contributed by atoms with Crippen molar-refractivity contribution in [2.75, 3.05) is 6.54 Å². The van der Waals surface area contributed by atoms with E-state index in [0.717, 1.165) is 12.8 Å². The average Bonchev–Trinajstić information content (AvgIpc) is 2.40. The second-order valence-electron chi connectivity index (χ2n) is 4.24. The van der Waals surface area contributed by atoms with E-state index in [4.69, 9.17) is 9.94 Å². The molecule has 1 aliphatic heterocycles. The Morgan fingerprint density at radius 1 is 1.22 bits per heavy atom. The van der Waals surface area contributed by atoms with Crippen LogP contribution >= 0.6 is 0 Å². The molecule has 1 heterocycles. The number of aliphatic carboxylic acids is 1. The van der Waals surface area contributed by atoms with Crippen LogP contribution in [0.15, 0.2) is 30.3 Å². The molecule has 96 valence electrons. The predicted molar refractivity (Wildman–Crippen MR) is 63.8 cm³/mol. The molecular weight excluding hydrogens is 234 g/mol. The zero-order chi connectivity index (χ0) is 13.0. The van der Waals surface area contributed by atoms with Crippen molar-refractivity contribution in [3.63, 3.8) is 0 Å². The number of benzene rings is 1. The van der Waals surface area contributed by atoms with Gasteiger partial charge in [-0.05, 0) is 31.4 Å². The summed E-state index contributed by atoms with van der Waals surface area (Å²) in [7, 11) is 0. The molecule has 0 amide bonds. The van der Waals surface area contributed by atoms with Crippen LogP contribution < -0.4 is 0 Å². The Balaban J connectivity index is 2.03. The maximum Gasteiger partial charge on any atom is 0.357 e. The van der Waals surface area contributed by atoms with Gasteiger partial charge in [0.25, 0.3) is 0 Å². The summed E-state index contributed by atoms with van der Waals surface area (Å²) in [6, 6.07) is 7.83.